The molecule has 3 rings (SSSR count). The fourth-order valence-corrected chi connectivity index (χ4v) is 2.44. The normalized spacial score (nSPS) is 20.8. The minimum absolute atomic E-state index is 0.264. The summed E-state index contributed by atoms with van der Waals surface area (Å²) in [7, 11) is 0. The average molecular weight is 244 g/mol. The zero-order valence-corrected chi connectivity index (χ0v) is 10.1. The van der Waals surface area contributed by atoms with Crippen molar-refractivity contribution in [3.8, 4) is 5.75 Å². The van der Waals surface area contributed by atoms with E-state index in [1.165, 1.54) is 5.56 Å². The van der Waals surface area contributed by atoms with Crippen molar-refractivity contribution in [3.63, 3.8) is 0 Å². The van der Waals surface area contributed by atoms with Crippen molar-refractivity contribution in [1.82, 2.24) is 10.3 Å². The predicted octanol–water partition coefficient (Wildman–Crippen LogP) is 1.99. The van der Waals surface area contributed by atoms with Crippen molar-refractivity contribution in [1.29, 1.82) is 0 Å². The SMILES string of the molecule is Oc1ccc2nccc(C3CCOCCN3)c2c1. The first kappa shape index (κ1) is 11.4. The molecule has 2 aromatic rings. The van der Waals surface area contributed by atoms with E-state index < -0.39 is 0 Å². The Labute approximate surface area is 106 Å². The van der Waals surface area contributed by atoms with Crippen LogP contribution in [0.1, 0.15) is 18.0 Å². The van der Waals surface area contributed by atoms with E-state index in [0.717, 1.165) is 37.1 Å². The molecule has 2 heterocycles. The van der Waals surface area contributed by atoms with Gasteiger partial charge in [0.25, 0.3) is 0 Å². The maximum absolute atomic E-state index is 9.64. The van der Waals surface area contributed by atoms with E-state index in [9.17, 15) is 5.11 Å². The Balaban J connectivity index is 2.06. The lowest BCUT2D eigenvalue weighted by Crippen LogP contribution is -2.22. The number of benzene rings is 1. The van der Waals surface area contributed by atoms with Gasteiger partial charge in [-0.05, 0) is 36.2 Å². The Morgan fingerprint density at radius 2 is 2.22 bits per heavy atom. The molecular weight excluding hydrogens is 228 g/mol. The van der Waals surface area contributed by atoms with Gasteiger partial charge in [-0.25, -0.2) is 0 Å². The van der Waals surface area contributed by atoms with Crippen LogP contribution < -0.4 is 5.32 Å². The van der Waals surface area contributed by atoms with E-state index in [-0.39, 0.29) is 11.8 Å². The minimum atomic E-state index is 0.264. The summed E-state index contributed by atoms with van der Waals surface area (Å²) in [6.45, 7) is 2.37. The molecule has 1 atom stereocenters. The summed E-state index contributed by atoms with van der Waals surface area (Å²) in [6.07, 6.45) is 2.76. The molecule has 1 aliphatic rings. The van der Waals surface area contributed by atoms with Crippen molar-refractivity contribution < 1.29 is 9.84 Å². The molecule has 2 N–H and O–H groups in total. The topological polar surface area (TPSA) is 54.4 Å². The van der Waals surface area contributed by atoms with Crippen LogP contribution in [0, 0.1) is 0 Å². The number of phenols is 1. The van der Waals surface area contributed by atoms with Crippen LogP contribution in [0.2, 0.25) is 0 Å². The van der Waals surface area contributed by atoms with E-state index in [1.54, 1.807) is 12.1 Å². The molecule has 4 heteroatoms. The van der Waals surface area contributed by atoms with Crippen LogP contribution >= 0.6 is 0 Å². The Morgan fingerprint density at radius 3 is 3.17 bits per heavy atom. The third-order valence-electron chi connectivity index (χ3n) is 3.32. The number of aromatic nitrogens is 1. The second-order valence-corrected chi connectivity index (χ2v) is 4.51. The standard InChI is InChI=1S/C14H16N2O2/c17-10-1-2-13-12(9-10)11(3-5-15-13)14-4-7-18-8-6-16-14/h1-3,5,9,14,16-17H,4,6-8H2. The van der Waals surface area contributed by atoms with Gasteiger partial charge in [-0.2, -0.15) is 0 Å². The van der Waals surface area contributed by atoms with Gasteiger partial charge in [0, 0.05) is 30.8 Å². The first-order chi connectivity index (χ1) is 8.84. The predicted molar refractivity (Wildman–Crippen MR) is 69.6 cm³/mol. The Bertz CT molecular complexity index is 548. The molecular formula is C14H16N2O2. The fraction of sp³-hybridized carbons (Fsp3) is 0.357. The first-order valence-electron chi connectivity index (χ1n) is 6.23. The van der Waals surface area contributed by atoms with Crippen LogP contribution in [0.3, 0.4) is 0 Å². The van der Waals surface area contributed by atoms with Crippen molar-refractivity contribution in [2.75, 3.05) is 19.8 Å². The number of aromatic hydroxyl groups is 1. The highest BCUT2D eigenvalue weighted by Crippen LogP contribution is 2.28. The lowest BCUT2D eigenvalue weighted by Gasteiger charge is -2.17. The molecule has 1 unspecified atom stereocenters. The second kappa shape index (κ2) is 4.92. The first-order valence-corrected chi connectivity index (χ1v) is 6.23. The number of hydrogen-bond donors (Lipinski definition) is 2. The highest BCUT2D eigenvalue weighted by molar-refractivity contribution is 5.83. The van der Waals surface area contributed by atoms with Crippen molar-refractivity contribution in [2.45, 2.75) is 12.5 Å². The molecule has 0 bridgehead atoms. The number of nitrogens with one attached hydrogen (secondary N) is 1. The van der Waals surface area contributed by atoms with Crippen LogP contribution in [-0.2, 0) is 4.74 Å². The number of ether oxygens (including phenoxy) is 1. The second-order valence-electron chi connectivity index (χ2n) is 4.51. The Hall–Kier alpha value is -1.65. The molecule has 0 radical (unpaired) electrons. The van der Waals surface area contributed by atoms with E-state index in [4.69, 9.17) is 4.74 Å². The van der Waals surface area contributed by atoms with Crippen LogP contribution in [0.25, 0.3) is 10.9 Å². The molecule has 0 saturated carbocycles. The monoisotopic (exact) mass is 244 g/mol. The molecule has 1 aromatic heterocycles. The van der Waals surface area contributed by atoms with Crippen molar-refractivity contribution in [2.24, 2.45) is 0 Å². The Morgan fingerprint density at radius 1 is 1.28 bits per heavy atom. The Kier molecular flexibility index (Phi) is 3.13. The molecule has 1 aliphatic heterocycles. The molecule has 0 spiro atoms. The molecule has 0 amide bonds. The van der Waals surface area contributed by atoms with E-state index in [2.05, 4.69) is 10.3 Å². The summed E-state index contributed by atoms with van der Waals surface area (Å²) in [5.41, 5.74) is 2.10. The van der Waals surface area contributed by atoms with E-state index >= 15 is 0 Å². The van der Waals surface area contributed by atoms with Gasteiger partial charge in [0.2, 0.25) is 0 Å². The van der Waals surface area contributed by atoms with Crippen LogP contribution in [0.15, 0.2) is 30.5 Å². The third-order valence-corrected chi connectivity index (χ3v) is 3.32. The zero-order chi connectivity index (χ0) is 12.4. The molecule has 4 nitrogen and oxygen atoms in total. The van der Waals surface area contributed by atoms with Gasteiger partial charge in [0.15, 0.2) is 0 Å². The van der Waals surface area contributed by atoms with Crippen molar-refractivity contribution >= 4 is 10.9 Å². The summed E-state index contributed by atoms with van der Waals surface area (Å²) >= 11 is 0. The summed E-state index contributed by atoms with van der Waals surface area (Å²) in [5, 5.41) is 14.1. The van der Waals surface area contributed by atoms with Gasteiger partial charge >= 0.3 is 0 Å². The summed E-state index contributed by atoms with van der Waals surface area (Å²) in [6, 6.07) is 7.58. The number of fused-ring (bicyclic) bond motifs is 1. The maximum atomic E-state index is 9.64. The average Bonchev–Trinajstić information content (AvgIpc) is 2.67. The van der Waals surface area contributed by atoms with Crippen LogP contribution in [0.5, 0.6) is 5.75 Å². The number of rotatable bonds is 1. The van der Waals surface area contributed by atoms with Gasteiger partial charge in [-0.15, -0.1) is 0 Å². The summed E-state index contributed by atoms with van der Waals surface area (Å²) < 4.78 is 5.45. The molecule has 1 aromatic carbocycles. The highest BCUT2D eigenvalue weighted by atomic mass is 16.5. The summed E-state index contributed by atoms with van der Waals surface area (Å²) in [5.74, 6) is 0.279. The third kappa shape index (κ3) is 2.17. The molecule has 1 fully saturated rings. The number of pyridine rings is 1. The van der Waals surface area contributed by atoms with Gasteiger partial charge in [0.05, 0.1) is 12.1 Å². The lowest BCUT2D eigenvalue weighted by atomic mass is 10.00. The number of nitrogens with zero attached hydrogens (tertiary/aromatic N) is 1. The van der Waals surface area contributed by atoms with Gasteiger partial charge in [-0.3, -0.25) is 4.98 Å². The van der Waals surface area contributed by atoms with Gasteiger partial charge in [0.1, 0.15) is 5.75 Å². The maximum Gasteiger partial charge on any atom is 0.116 e. The molecule has 1 saturated heterocycles. The quantitative estimate of drug-likeness (QED) is 0.805. The molecule has 0 aliphatic carbocycles. The van der Waals surface area contributed by atoms with Crippen molar-refractivity contribution in [3.05, 3.63) is 36.0 Å². The molecule has 18 heavy (non-hydrogen) atoms. The van der Waals surface area contributed by atoms with Gasteiger partial charge < -0.3 is 15.2 Å². The molecule has 94 valence electrons. The van der Waals surface area contributed by atoms with Crippen LogP contribution in [0.4, 0.5) is 0 Å². The lowest BCUT2D eigenvalue weighted by molar-refractivity contribution is 0.150. The fourth-order valence-electron chi connectivity index (χ4n) is 2.44. The van der Waals surface area contributed by atoms with Gasteiger partial charge in [-0.1, -0.05) is 0 Å². The number of hydrogen-bond acceptors (Lipinski definition) is 4. The zero-order valence-electron chi connectivity index (χ0n) is 10.1. The highest BCUT2D eigenvalue weighted by Gasteiger charge is 2.16. The summed E-state index contributed by atoms with van der Waals surface area (Å²) in [4.78, 5) is 4.33. The largest absolute Gasteiger partial charge is 0.508 e. The number of phenolic OH excluding ortho intramolecular Hbond substituents is 1. The van der Waals surface area contributed by atoms with E-state index in [1.807, 2.05) is 18.3 Å². The van der Waals surface area contributed by atoms with Crippen LogP contribution in [-0.4, -0.2) is 29.8 Å². The van der Waals surface area contributed by atoms with E-state index in [0.29, 0.717) is 0 Å². The smallest absolute Gasteiger partial charge is 0.116 e. The minimum Gasteiger partial charge on any atom is -0.508 e.